The number of hydrogen-bond acceptors (Lipinski definition) is 4. The zero-order chi connectivity index (χ0) is 13.8. The lowest BCUT2D eigenvalue weighted by atomic mass is 10.2. The molecule has 1 aromatic heterocycles. The second kappa shape index (κ2) is 5.66. The predicted molar refractivity (Wildman–Crippen MR) is 65.5 cm³/mol. The van der Waals surface area contributed by atoms with Crippen LogP contribution >= 0.6 is 0 Å². The van der Waals surface area contributed by atoms with Crippen LogP contribution in [0.25, 0.3) is 0 Å². The van der Waals surface area contributed by atoms with Gasteiger partial charge in [0.15, 0.2) is 0 Å². The average Bonchev–Trinajstić information content (AvgIpc) is 2.40. The summed E-state index contributed by atoms with van der Waals surface area (Å²) in [5, 5.41) is 8.80. The summed E-state index contributed by atoms with van der Waals surface area (Å²) in [5.41, 5.74) is -0.500. The van der Waals surface area contributed by atoms with Gasteiger partial charge in [-0.2, -0.15) is 0 Å². The number of aromatic carboxylic acids is 1. The summed E-state index contributed by atoms with van der Waals surface area (Å²) >= 11 is 0. The summed E-state index contributed by atoms with van der Waals surface area (Å²) in [7, 11) is -1.52. The van der Waals surface area contributed by atoms with E-state index in [9.17, 15) is 13.4 Å². The molecule has 2 aromatic rings. The number of rotatable bonds is 4. The Morgan fingerprint density at radius 2 is 2.00 bits per heavy atom. The molecule has 0 aliphatic carbocycles. The molecule has 0 spiro atoms. The second-order valence-corrected chi connectivity index (χ2v) is 5.05. The van der Waals surface area contributed by atoms with Crippen molar-refractivity contribution in [3.05, 3.63) is 53.9 Å². The van der Waals surface area contributed by atoms with Crippen molar-refractivity contribution >= 4 is 16.8 Å². The number of nitrogens with zero attached hydrogens (tertiary/aromatic N) is 2. The highest BCUT2D eigenvalue weighted by molar-refractivity contribution is 7.84. The van der Waals surface area contributed by atoms with Gasteiger partial charge in [-0.05, 0) is 24.3 Å². The average molecular weight is 280 g/mol. The SMILES string of the molecule is O=C(O)c1cc(S(=O)Cc2ncccn2)ccc1F. The number of aromatic nitrogens is 2. The fraction of sp³-hybridized carbons (Fsp3) is 0.0833. The lowest BCUT2D eigenvalue weighted by Crippen LogP contribution is -2.05. The van der Waals surface area contributed by atoms with E-state index in [1.807, 2.05) is 0 Å². The molecule has 2 rings (SSSR count). The van der Waals surface area contributed by atoms with E-state index in [0.717, 1.165) is 12.1 Å². The maximum atomic E-state index is 13.2. The van der Waals surface area contributed by atoms with Gasteiger partial charge in [-0.15, -0.1) is 0 Å². The number of benzene rings is 1. The van der Waals surface area contributed by atoms with E-state index in [2.05, 4.69) is 9.97 Å². The summed E-state index contributed by atoms with van der Waals surface area (Å²) < 4.78 is 25.2. The molecule has 0 bridgehead atoms. The lowest BCUT2D eigenvalue weighted by Gasteiger charge is -2.03. The molecule has 1 unspecified atom stereocenters. The van der Waals surface area contributed by atoms with Crippen molar-refractivity contribution < 1.29 is 18.5 Å². The first kappa shape index (κ1) is 13.3. The molecule has 0 aliphatic rings. The van der Waals surface area contributed by atoms with Crippen LogP contribution in [0.1, 0.15) is 16.2 Å². The fourth-order valence-corrected chi connectivity index (χ4v) is 2.43. The van der Waals surface area contributed by atoms with Crippen LogP contribution in [-0.2, 0) is 16.6 Å². The Balaban J connectivity index is 2.25. The summed E-state index contributed by atoms with van der Waals surface area (Å²) in [6, 6.07) is 4.98. The molecule has 1 atom stereocenters. The molecule has 0 fully saturated rings. The first-order valence-corrected chi connectivity index (χ1v) is 6.57. The first-order valence-electron chi connectivity index (χ1n) is 5.25. The van der Waals surface area contributed by atoms with Gasteiger partial charge in [0, 0.05) is 17.3 Å². The molecule has 1 aromatic carbocycles. The summed E-state index contributed by atoms with van der Waals surface area (Å²) in [4.78, 5) is 18.9. The van der Waals surface area contributed by atoms with Gasteiger partial charge in [-0.25, -0.2) is 19.2 Å². The van der Waals surface area contributed by atoms with Crippen LogP contribution in [0.15, 0.2) is 41.6 Å². The van der Waals surface area contributed by atoms with Crippen LogP contribution in [0.3, 0.4) is 0 Å². The van der Waals surface area contributed by atoms with Crippen LogP contribution in [0.4, 0.5) is 4.39 Å². The Morgan fingerprint density at radius 1 is 1.32 bits per heavy atom. The Morgan fingerprint density at radius 3 is 2.63 bits per heavy atom. The zero-order valence-corrected chi connectivity index (χ0v) is 10.4. The van der Waals surface area contributed by atoms with Gasteiger partial charge in [-0.3, -0.25) is 4.21 Å². The molecule has 1 N–H and O–H groups in total. The lowest BCUT2D eigenvalue weighted by molar-refractivity contribution is 0.0691. The maximum Gasteiger partial charge on any atom is 0.338 e. The number of hydrogen-bond donors (Lipinski definition) is 1. The molecule has 0 aliphatic heterocycles. The third kappa shape index (κ3) is 3.19. The van der Waals surface area contributed by atoms with Gasteiger partial charge in [0.1, 0.15) is 11.6 Å². The molecule has 5 nitrogen and oxygen atoms in total. The van der Waals surface area contributed by atoms with Crippen LogP contribution in [0.5, 0.6) is 0 Å². The van der Waals surface area contributed by atoms with Gasteiger partial charge >= 0.3 is 5.97 Å². The third-order valence-electron chi connectivity index (χ3n) is 2.31. The second-order valence-electron chi connectivity index (χ2n) is 3.60. The van der Waals surface area contributed by atoms with Crippen LogP contribution in [0.2, 0.25) is 0 Å². The van der Waals surface area contributed by atoms with Crippen molar-refractivity contribution in [1.29, 1.82) is 0 Å². The molecule has 0 radical (unpaired) electrons. The summed E-state index contributed by atoms with van der Waals surface area (Å²) in [6.07, 6.45) is 3.04. The van der Waals surface area contributed by atoms with E-state index < -0.39 is 28.1 Å². The minimum Gasteiger partial charge on any atom is -0.478 e. The van der Waals surface area contributed by atoms with E-state index in [4.69, 9.17) is 5.11 Å². The highest BCUT2D eigenvalue weighted by Crippen LogP contribution is 2.15. The van der Waals surface area contributed by atoms with Crippen LogP contribution in [-0.4, -0.2) is 25.3 Å². The highest BCUT2D eigenvalue weighted by Gasteiger charge is 2.14. The van der Waals surface area contributed by atoms with E-state index in [1.54, 1.807) is 6.07 Å². The highest BCUT2D eigenvalue weighted by atomic mass is 32.2. The van der Waals surface area contributed by atoms with Gasteiger partial charge in [0.05, 0.1) is 22.1 Å². The molecule has 0 saturated heterocycles. The number of carboxylic acids is 1. The smallest absolute Gasteiger partial charge is 0.338 e. The largest absolute Gasteiger partial charge is 0.478 e. The summed E-state index contributed by atoms with van der Waals surface area (Å²) in [6.45, 7) is 0. The normalized spacial score (nSPS) is 12.1. The van der Waals surface area contributed by atoms with Crippen molar-refractivity contribution in [2.45, 2.75) is 10.6 Å². The molecule has 0 saturated carbocycles. The van der Waals surface area contributed by atoms with Crippen molar-refractivity contribution in [3.8, 4) is 0 Å². The van der Waals surface area contributed by atoms with Gasteiger partial charge in [0.25, 0.3) is 0 Å². The Hall–Kier alpha value is -2.15. The maximum absolute atomic E-state index is 13.2. The topological polar surface area (TPSA) is 80.1 Å². The molecule has 19 heavy (non-hydrogen) atoms. The number of halogens is 1. The van der Waals surface area contributed by atoms with Crippen molar-refractivity contribution in [2.75, 3.05) is 0 Å². The standard InChI is InChI=1S/C12H9FN2O3S/c13-10-3-2-8(6-9(10)12(16)17)19(18)7-11-14-4-1-5-15-11/h1-6H,7H2,(H,16,17). The van der Waals surface area contributed by atoms with Gasteiger partial charge in [0.2, 0.25) is 0 Å². The van der Waals surface area contributed by atoms with Gasteiger partial charge < -0.3 is 5.11 Å². The van der Waals surface area contributed by atoms with E-state index in [-0.39, 0.29) is 10.6 Å². The monoisotopic (exact) mass is 280 g/mol. The minimum absolute atomic E-state index is 0.0472. The first-order chi connectivity index (χ1) is 9.08. The quantitative estimate of drug-likeness (QED) is 0.920. The van der Waals surface area contributed by atoms with Crippen molar-refractivity contribution in [3.63, 3.8) is 0 Å². The van der Waals surface area contributed by atoms with E-state index in [1.165, 1.54) is 18.5 Å². The fourth-order valence-electron chi connectivity index (χ4n) is 1.41. The molecule has 0 amide bonds. The van der Waals surface area contributed by atoms with Crippen molar-refractivity contribution in [1.82, 2.24) is 9.97 Å². The third-order valence-corrected chi connectivity index (χ3v) is 3.61. The molecule has 1 heterocycles. The molecule has 98 valence electrons. The number of carboxylic acid groups (broad SMARTS) is 1. The predicted octanol–water partition coefficient (Wildman–Crippen LogP) is 1.62. The van der Waals surface area contributed by atoms with E-state index in [0.29, 0.717) is 5.82 Å². The summed E-state index contributed by atoms with van der Waals surface area (Å²) in [5.74, 6) is -1.83. The Kier molecular flexibility index (Phi) is 3.96. The Bertz CT molecular complexity index is 634. The van der Waals surface area contributed by atoms with Crippen molar-refractivity contribution in [2.24, 2.45) is 0 Å². The Labute approximate surface area is 110 Å². The number of carbonyl (C=O) groups is 1. The molecule has 7 heteroatoms. The van der Waals surface area contributed by atoms with Gasteiger partial charge in [-0.1, -0.05) is 0 Å². The zero-order valence-electron chi connectivity index (χ0n) is 9.62. The van der Waals surface area contributed by atoms with E-state index >= 15 is 0 Å². The van der Waals surface area contributed by atoms with Crippen LogP contribution in [0, 0.1) is 5.82 Å². The molecular weight excluding hydrogens is 271 g/mol. The molecular formula is C12H9FN2O3S. The minimum atomic E-state index is -1.52. The van der Waals surface area contributed by atoms with Crippen LogP contribution < -0.4 is 0 Å².